The molecular formula is C14H14OS. The van der Waals surface area contributed by atoms with Crippen LogP contribution in [-0.2, 0) is 6.42 Å². The first kappa shape index (κ1) is 11.1. The standard InChI is InChI=1S/C14H14OS/c1-11-7-10-14(16-11)13(15)9-8-12-5-3-2-4-6-12/h2-7,10H,8-9H2,1H3. The number of aryl methyl sites for hydroxylation is 2. The molecule has 2 aromatic rings. The summed E-state index contributed by atoms with van der Waals surface area (Å²) in [5.41, 5.74) is 1.23. The van der Waals surface area contributed by atoms with Crippen LogP contribution in [0.5, 0.6) is 0 Å². The van der Waals surface area contributed by atoms with Crippen molar-refractivity contribution in [3.05, 3.63) is 57.8 Å². The van der Waals surface area contributed by atoms with E-state index in [1.54, 1.807) is 11.3 Å². The Bertz CT molecular complexity index is 470. The van der Waals surface area contributed by atoms with E-state index in [9.17, 15) is 4.79 Å². The average Bonchev–Trinajstić information content (AvgIpc) is 2.74. The van der Waals surface area contributed by atoms with Crippen molar-refractivity contribution in [1.29, 1.82) is 0 Å². The molecule has 0 bridgehead atoms. The highest BCUT2D eigenvalue weighted by atomic mass is 32.1. The van der Waals surface area contributed by atoms with Gasteiger partial charge in [-0.15, -0.1) is 11.3 Å². The number of ketones is 1. The molecule has 1 aromatic heterocycles. The van der Waals surface area contributed by atoms with Gasteiger partial charge in [0.05, 0.1) is 4.88 Å². The Balaban J connectivity index is 1.94. The zero-order valence-corrected chi connectivity index (χ0v) is 10.1. The van der Waals surface area contributed by atoms with Crippen LogP contribution >= 0.6 is 11.3 Å². The van der Waals surface area contributed by atoms with Crippen molar-refractivity contribution in [2.45, 2.75) is 19.8 Å². The maximum Gasteiger partial charge on any atom is 0.173 e. The molecule has 0 radical (unpaired) electrons. The van der Waals surface area contributed by atoms with Gasteiger partial charge in [0.15, 0.2) is 5.78 Å². The quantitative estimate of drug-likeness (QED) is 0.729. The molecule has 0 saturated heterocycles. The molecule has 0 aliphatic heterocycles. The van der Waals surface area contributed by atoms with Crippen LogP contribution in [0.4, 0.5) is 0 Å². The molecule has 16 heavy (non-hydrogen) atoms. The van der Waals surface area contributed by atoms with Gasteiger partial charge in [-0.2, -0.15) is 0 Å². The van der Waals surface area contributed by atoms with E-state index in [0.29, 0.717) is 6.42 Å². The number of benzene rings is 1. The highest BCUT2D eigenvalue weighted by Gasteiger charge is 2.07. The number of Topliss-reactive ketones (excluding diaryl/α,β-unsaturated/α-hetero) is 1. The Morgan fingerprint density at radius 3 is 2.50 bits per heavy atom. The minimum absolute atomic E-state index is 0.252. The summed E-state index contributed by atoms with van der Waals surface area (Å²) in [6.07, 6.45) is 1.43. The first-order chi connectivity index (χ1) is 7.75. The number of rotatable bonds is 4. The molecule has 0 aliphatic carbocycles. The zero-order chi connectivity index (χ0) is 11.4. The van der Waals surface area contributed by atoms with Crippen molar-refractivity contribution in [2.75, 3.05) is 0 Å². The van der Waals surface area contributed by atoms with Gasteiger partial charge in [-0.25, -0.2) is 0 Å². The van der Waals surface area contributed by atoms with Crippen LogP contribution in [0.3, 0.4) is 0 Å². The second-order valence-electron chi connectivity index (χ2n) is 3.82. The van der Waals surface area contributed by atoms with Crippen molar-refractivity contribution < 1.29 is 4.79 Å². The summed E-state index contributed by atoms with van der Waals surface area (Å²) in [4.78, 5) is 13.9. The maximum atomic E-state index is 11.8. The first-order valence-electron chi connectivity index (χ1n) is 5.39. The van der Waals surface area contributed by atoms with E-state index < -0.39 is 0 Å². The number of thiophene rings is 1. The molecule has 1 heterocycles. The molecule has 2 heteroatoms. The smallest absolute Gasteiger partial charge is 0.173 e. The highest BCUT2D eigenvalue weighted by molar-refractivity contribution is 7.14. The molecule has 0 atom stereocenters. The molecule has 0 unspecified atom stereocenters. The molecule has 0 saturated carbocycles. The monoisotopic (exact) mass is 230 g/mol. The predicted molar refractivity (Wildman–Crippen MR) is 68.1 cm³/mol. The topological polar surface area (TPSA) is 17.1 Å². The van der Waals surface area contributed by atoms with E-state index in [1.807, 2.05) is 37.3 Å². The number of carbonyl (C=O) groups excluding carboxylic acids is 1. The first-order valence-corrected chi connectivity index (χ1v) is 6.21. The Morgan fingerprint density at radius 2 is 1.88 bits per heavy atom. The van der Waals surface area contributed by atoms with Gasteiger partial charge in [0, 0.05) is 11.3 Å². The van der Waals surface area contributed by atoms with Gasteiger partial charge < -0.3 is 0 Å². The Morgan fingerprint density at radius 1 is 1.12 bits per heavy atom. The second kappa shape index (κ2) is 5.08. The van der Waals surface area contributed by atoms with E-state index in [2.05, 4.69) is 12.1 Å². The lowest BCUT2D eigenvalue weighted by Gasteiger charge is -1.99. The molecule has 0 aliphatic rings. The lowest BCUT2D eigenvalue weighted by Crippen LogP contribution is -1.98. The largest absolute Gasteiger partial charge is 0.293 e. The lowest BCUT2D eigenvalue weighted by atomic mass is 10.1. The summed E-state index contributed by atoms with van der Waals surface area (Å²) in [6, 6.07) is 14.1. The van der Waals surface area contributed by atoms with Crippen molar-refractivity contribution >= 4 is 17.1 Å². The molecule has 0 N–H and O–H groups in total. The fourth-order valence-corrected chi connectivity index (χ4v) is 2.45. The van der Waals surface area contributed by atoms with Crippen LogP contribution < -0.4 is 0 Å². The molecule has 0 amide bonds. The zero-order valence-electron chi connectivity index (χ0n) is 9.27. The molecule has 1 nitrogen and oxygen atoms in total. The average molecular weight is 230 g/mol. The third kappa shape index (κ3) is 2.80. The minimum Gasteiger partial charge on any atom is -0.293 e. The van der Waals surface area contributed by atoms with Crippen molar-refractivity contribution in [3.63, 3.8) is 0 Å². The second-order valence-corrected chi connectivity index (χ2v) is 5.11. The molecule has 1 aromatic carbocycles. The van der Waals surface area contributed by atoms with Gasteiger partial charge in [-0.1, -0.05) is 30.3 Å². The Kier molecular flexibility index (Phi) is 3.52. The van der Waals surface area contributed by atoms with E-state index in [-0.39, 0.29) is 5.78 Å². The van der Waals surface area contributed by atoms with E-state index in [4.69, 9.17) is 0 Å². The van der Waals surface area contributed by atoms with Crippen LogP contribution in [0.1, 0.15) is 26.5 Å². The van der Waals surface area contributed by atoms with Gasteiger partial charge in [0.1, 0.15) is 0 Å². The summed E-state index contributed by atoms with van der Waals surface area (Å²) in [5, 5.41) is 0. The van der Waals surface area contributed by atoms with Gasteiger partial charge in [-0.3, -0.25) is 4.79 Å². The third-order valence-corrected chi connectivity index (χ3v) is 3.54. The summed E-state index contributed by atoms with van der Waals surface area (Å²) in [6.45, 7) is 2.03. The van der Waals surface area contributed by atoms with Crippen LogP contribution in [0.15, 0.2) is 42.5 Å². The normalized spacial score (nSPS) is 10.3. The Hall–Kier alpha value is -1.41. The van der Waals surface area contributed by atoms with Gasteiger partial charge in [0.2, 0.25) is 0 Å². The summed E-state index contributed by atoms with van der Waals surface area (Å²) >= 11 is 1.58. The van der Waals surface area contributed by atoms with Crippen molar-refractivity contribution in [2.24, 2.45) is 0 Å². The van der Waals surface area contributed by atoms with Gasteiger partial charge >= 0.3 is 0 Å². The van der Waals surface area contributed by atoms with E-state index >= 15 is 0 Å². The molecule has 2 rings (SSSR count). The molecule has 82 valence electrons. The predicted octanol–water partition coefficient (Wildman–Crippen LogP) is 3.87. The highest BCUT2D eigenvalue weighted by Crippen LogP contribution is 2.17. The van der Waals surface area contributed by atoms with Crippen molar-refractivity contribution in [1.82, 2.24) is 0 Å². The fourth-order valence-electron chi connectivity index (χ4n) is 1.61. The number of hydrogen-bond acceptors (Lipinski definition) is 2. The van der Waals surface area contributed by atoms with E-state index in [0.717, 1.165) is 11.3 Å². The number of carbonyl (C=O) groups is 1. The van der Waals surface area contributed by atoms with Gasteiger partial charge in [0.25, 0.3) is 0 Å². The van der Waals surface area contributed by atoms with Crippen molar-refractivity contribution in [3.8, 4) is 0 Å². The van der Waals surface area contributed by atoms with Crippen LogP contribution in [0, 0.1) is 6.92 Å². The maximum absolute atomic E-state index is 11.8. The fraction of sp³-hybridized carbons (Fsp3) is 0.214. The number of hydrogen-bond donors (Lipinski definition) is 0. The van der Waals surface area contributed by atoms with Crippen LogP contribution in [0.2, 0.25) is 0 Å². The van der Waals surface area contributed by atoms with Gasteiger partial charge in [-0.05, 0) is 31.0 Å². The summed E-state index contributed by atoms with van der Waals surface area (Å²) in [7, 11) is 0. The third-order valence-electron chi connectivity index (χ3n) is 2.50. The molecule has 0 fully saturated rings. The summed E-state index contributed by atoms with van der Waals surface area (Å²) < 4.78 is 0. The molecular weight excluding hydrogens is 216 g/mol. The Labute approximate surface area is 99.8 Å². The lowest BCUT2D eigenvalue weighted by molar-refractivity contribution is 0.0987. The minimum atomic E-state index is 0.252. The van der Waals surface area contributed by atoms with Crippen LogP contribution in [-0.4, -0.2) is 5.78 Å². The summed E-state index contributed by atoms with van der Waals surface area (Å²) in [5.74, 6) is 0.252. The van der Waals surface area contributed by atoms with Crippen LogP contribution in [0.25, 0.3) is 0 Å². The van der Waals surface area contributed by atoms with E-state index in [1.165, 1.54) is 10.4 Å². The SMILES string of the molecule is Cc1ccc(C(=O)CCc2ccccc2)s1. The molecule has 0 spiro atoms.